The van der Waals surface area contributed by atoms with Gasteiger partial charge < -0.3 is 10.6 Å². The molecule has 24 heavy (non-hydrogen) atoms. The molecule has 3 rings (SSSR count). The highest BCUT2D eigenvalue weighted by molar-refractivity contribution is 6.35. The van der Waals surface area contributed by atoms with Crippen LogP contribution in [0.3, 0.4) is 0 Å². The van der Waals surface area contributed by atoms with Gasteiger partial charge in [-0.1, -0.05) is 29.3 Å². The van der Waals surface area contributed by atoms with Crippen LogP contribution in [0.4, 0.5) is 17.5 Å². The van der Waals surface area contributed by atoms with Crippen LogP contribution in [0, 0.1) is 6.92 Å². The average Bonchev–Trinajstić information content (AvgIpc) is 2.52. The predicted octanol–water partition coefficient (Wildman–Crippen LogP) is 4.84. The fourth-order valence-corrected chi connectivity index (χ4v) is 2.69. The van der Waals surface area contributed by atoms with E-state index < -0.39 is 0 Å². The van der Waals surface area contributed by atoms with Crippen molar-refractivity contribution in [2.75, 3.05) is 10.6 Å². The zero-order chi connectivity index (χ0) is 16.9. The van der Waals surface area contributed by atoms with E-state index in [1.165, 1.54) is 0 Å². The molecule has 122 valence electrons. The Hall–Kier alpha value is -2.37. The number of nitrogens with one attached hydrogen (secondary N) is 2. The molecule has 3 aromatic rings. The Balaban J connectivity index is 1.76. The predicted molar refractivity (Wildman–Crippen MR) is 98.1 cm³/mol. The van der Waals surface area contributed by atoms with Crippen molar-refractivity contribution in [2.45, 2.75) is 13.5 Å². The molecule has 2 heterocycles. The summed E-state index contributed by atoms with van der Waals surface area (Å²) in [4.78, 5) is 12.9. The molecule has 0 radical (unpaired) electrons. The van der Waals surface area contributed by atoms with E-state index in [0.717, 1.165) is 22.8 Å². The van der Waals surface area contributed by atoms with Crippen molar-refractivity contribution in [2.24, 2.45) is 0 Å². The first-order valence-corrected chi connectivity index (χ1v) is 8.06. The van der Waals surface area contributed by atoms with Gasteiger partial charge in [0.15, 0.2) is 0 Å². The van der Waals surface area contributed by atoms with Gasteiger partial charge >= 0.3 is 0 Å². The molecular weight excluding hydrogens is 345 g/mol. The minimum absolute atomic E-state index is 0.474. The molecule has 0 amide bonds. The van der Waals surface area contributed by atoms with Crippen molar-refractivity contribution < 1.29 is 0 Å². The van der Waals surface area contributed by atoms with Gasteiger partial charge in [0.2, 0.25) is 5.95 Å². The number of aryl methyl sites for hydroxylation is 1. The third kappa shape index (κ3) is 4.57. The Morgan fingerprint density at radius 3 is 2.54 bits per heavy atom. The van der Waals surface area contributed by atoms with Crippen LogP contribution >= 0.6 is 23.2 Å². The molecule has 5 nitrogen and oxygen atoms in total. The monoisotopic (exact) mass is 359 g/mol. The van der Waals surface area contributed by atoms with Crippen molar-refractivity contribution in [1.82, 2.24) is 15.0 Å². The van der Waals surface area contributed by atoms with Crippen molar-refractivity contribution in [3.8, 4) is 0 Å². The molecule has 1 aromatic carbocycles. The van der Waals surface area contributed by atoms with Crippen molar-refractivity contribution >= 4 is 40.7 Å². The van der Waals surface area contributed by atoms with Gasteiger partial charge in [-0.3, -0.25) is 4.98 Å². The molecule has 0 bridgehead atoms. The normalized spacial score (nSPS) is 10.5. The van der Waals surface area contributed by atoms with Gasteiger partial charge in [-0.05, 0) is 36.8 Å². The smallest absolute Gasteiger partial charge is 0.229 e. The van der Waals surface area contributed by atoms with Crippen LogP contribution in [0.25, 0.3) is 0 Å². The van der Waals surface area contributed by atoms with Gasteiger partial charge in [0.05, 0.1) is 0 Å². The fourth-order valence-electron chi connectivity index (χ4n) is 2.17. The van der Waals surface area contributed by atoms with Gasteiger partial charge in [0.25, 0.3) is 0 Å². The second-order valence-electron chi connectivity index (χ2n) is 5.22. The lowest BCUT2D eigenvalue weighted by atomic mass is 10.3. The topological polar surface area (TPSA) is 62.7 Å². The summed E-state index contributed by atoms with van der Waals surface area (Å²) in [5.74, 6) is 1.20. The number of nitrogens with zero attached hydrogens (tertiary/aromatic N) is 3. The first-order chi connectivity index (χ1) is 11.6. The summed E-state index contributed by atoms with van der Waals surface area (Å²) in [7, 11) is 0. The summed E-state index contributed by atoms with van der Waals surface area (Å²) >= 11 is 12.0. The van der Waals surface area contributed by atoms with Crippen molar-refractivity contribution in [3.05, 3.63) is 70.1 Å². The Morgan fingerprint density at radius 2 is 1.83 bits per heavy atom. The largest absolute Gasteiger partial charge is 0.366 e. The fraction of sp³-hybridized carbons (Fsp3) is 0.118. The Kier molecular flexibility index (Phi) is 5.13. The molecule has 0 spiro atoms. The van der Waals surface area contributed by atoms with E-state index in [-0.39, 0.29) is 0 Å². The van der Waals surface area contributed by atoms with Crippen LogP contribution in [-0.4, -0.2) is 15.0 Å². The number of halogens is 2. The van der Waals surface area contributed by atoms with E-state index in [4.69, 9.17) is 23.2 Å². The second kappa shape index (κ2) is 7.47. The summed E-state index contributed by atoms with van der Waals surface area (Å²) in [6.07, 6.45) is 3.56. The minimum Gasteiger partial charge on any atom is -0.366 e. The van der Waals surface area contributed by atoms with E-state index in [0.29, 0.717) is 22.5 Å². The molecule has 0 aliphatic rings. The summed E-state index contributed by atoms with van der Waals surface area (Å²) < 4.78 is 0. The highest BCUT2D eigenvalue weighted by Gasteiger charge is 2.05. The molecule has 0 saturated carbocycles. The van der Waals surface area contributed by atoms with Gasteiger partial charge in [0, 0.05) is 46.4 Å². The molecule has 7 heteroatoms. The SMILES string of the molecule is Cc1cc(NCc2cccnc2)nc(Nc2cc(Cl)cc(Cl)c2)n1. The van der Waals surface area contributed by atoms with Crippen LogP contribution in [-0.2, 0) is 6.54 Å². The summed E-state index contributed by atoms with van der Waals surface area (Å²) in [6.45, 7) is 2.54. The number of pyridine rings is 1. The van der Waals surface area contributed by atoms with Gasteiger partial charge in [-0.15, -0.1) is 0 Å². The Morgan fingerprint density at radius 1 is 1.04 bits per heavy atom. The highest BCUT2D eigenvalue weighted by Crippen LogP contribution is 2.24. The van der Waals surface area contributed by atoms with E-state index in [1.807, 2.05) is 31.3 Å². The highest BCUT2D eigenvalue weighted by atomic mass is 35.5. The number of benzene rings is 1. The molecule has 0 aliphatic heterocycles. The molecule has 0 aliphatic carbocycles. The zero-order valence-electron chi connectivity index (χ0n) is 12.9. The standard InChI is InChI=1S/C17H15Cl2N5/c1-11-5-16(21-10-12-3-2-4-20-9-12)24-17(22-11)23-15-7-13(18)6-14(19)8-15/h2-9H,10H2,1H3,(H2,21,22,23,24). The van der Waals surface area contributed by atoms with E-state index >= 15 is 0 Å². The lowest BCUT2D eigenvalue weighted by molar-refractivity contribution is 1.05. The second-order valence-corrected chi connectivity index (χ2v) is 6.09. The van der Waals surface area contributed by atoms with Gasteiger partial charge in [-0.2, -0.15) is 4.98 Å². The lowest BCUT2D eigenvalue weighted by Crippen LogP contribution is -2.05. The first kappa shape index (κ1) is 16.5. The van der Waals surface area contributed by atoms with E-state index in [1.54, 1.807) is 24.4 Å². The number of hydrogen-bond donors (Lipinski definition) is 2. The number of anilines is 3. The van der Waals surface area contributed by atoms with Crippen LogP contribution in [0.1, 0.15) is 11.3 Å². The summed E-state index contributed by atoms with van der Waals surface area (Å²) in [5.41, 5.74) is 2.65. The van der Waals surface area contributed by atoms with Crippen molar-refractivity contribution in [3.63, 3.8) is 0 Å². The minimum atomic E-state index is 0.474. The number of rotatable bonds is 5. The summed E-state index contributed by atoms with van der Waals surface area (Å²) in [6, 6.07) is 11.0. The van der Waals surface area contributed by atoms with E-state index in [9.17, 15) is 0 Å². The molecule has 0 unspecified atom stereocenters. The molecule has 2 N–H and O–H groups in total. The van der Waals surface area contributed by atoms with E-state index in [2.05, 4.69) is 25.6 Å². The summed E-state index contributed by atoms with van der Waals surface area (Å²) in [5, 5.41) is 7.49. The number of hydrogen-bond acceptors (Lipinski definition) is 5. The maximum Gasteiger partial charge on any atom is 0.229 e. The van der Waals surface area contributed by atoms with Gasteiger partial charge in [-0.25, -0.2) is 4.98 Å². The molecule has 0 atom stereocenters. The van der Waals surface area contributed by atoms with Gasteiger partial charge in [0.1, 0.15) is 5.82 Å². The van der Waals surface area contributed by atoms with Crippen LogP contribution < -0.4 is 10.6 Å². The van der Waals surface area contributed by atoms with Crippen molar-refractivity contribution in [1.29, 1.82) is 0 Å². The molecule has 2 aromatic heterocycles. The quantitative estimate of drug-likeness (QED) is 0.682. The Labute approximate surface area is 150 Å². The maximum atomic E-state index is 6.01. The lowest BCUT2D eigenvalue weighted by Gasteiger charge is -2.10. The zero-order valence-corrected chi connectivity index (χ0v) is 14.4. The third-order valence-electron chi connectivity index (χ3n) is 3.17. The van der Waals surface area contributed by atoms with Crippen LogP contribution in [0.15, 0.2) is 48.8 Å². The average molecular weight is 360 g/mol. The number of aromatic nitrogens is 3. The van der Waals surface area contributed by atoms with Crippen LogP contribution in [0.5, 0.6) is 0 Å². The molecular formula is C17H15Cl2N5. The van der Waals surface area contributed by atoms with Crippen LogP contribution in [0.2, 0.25) is 10.0 Å². The molecule has 0 fully saturated rings. The first-order valence-electron chi connectivity index (χ1n) is 7.30. The molecule has 0 saturated heterocycles. The Bertz CT molecular complexity index is 819. The third-order valence-corrected chi connectivity index (χ3v) is 3.61. The maximum absolute atomic E-state index is 6.01.